The van der Waals surface area contributed by atoms with Crippen molar-refractivity contribution in [3.05, 3.63) is 0 Å². The summed E-state index contributed by atoms with van der Waals surface area (Å²) in [6.45, 7) is 1.73. The normalized spacial score (nSPS) is 39.4. The van der Waals surface area contributed by atoms with E-state index in [9.17, 15) is 9.59 Å². The molecule has 5 heteroatoms. The Bertz CT molecular complexity index is 303. The van der Waals surface area contributed by atoms with Gasteiger partial charge in [0.15, 0.2) is 0 Å². The molecule has 2 N–H and O–H groups in total. The second kappa shape index (κ2) is 2.62. The van der Waals surface area contributed by atoms with Gasteiger partial charge in [-0.1, -0.05) is 6.92 Å². The van der Waals surface area contributed by atoms with Gasteiger partial charge in [0.1, 0.15) is 5.54 Å². The van der Waals surface area contributed by atoms with E-state index < -0.39 is 17.6 Å². The van der Waals surface area contributed by atoms with Gasteiger partial charge < -0.3 is 10.2 Å². The molecular formula is C9H13NO4. The number of likely N-dealkylation sites (tertiary alicyclic amines) is 1. The minimum Gasteiger partial charge on any atom is -0.479 e. The number of carboxylic acids is 1. The van der Waals surface area contributed by atoms with Crippen molar-refractivity contribution < 1.29 is 19.8 Å². The molecule has 1 amide bonds. The predicted molar refractivity (Wildman–Crippen MR) is 47.0 cm³/mol. The fourth-order valence-electron chi connectivity index (χ4n) is 2.60. The molecule has 1 aliphatic heterocycles. The largest absolute Gasteiger partial charge is 0.479 e. The van der Waals surface area contributed by atoms with Gasteiger partial charge in [0.2, 0.25) is 0 Å². The Labute approximate surface area is 81.3 Å². The number of carbonyl (C=O) groups is 2. The van der Waals surface area contributed by atoms with E-state index in [-0.39, 0.29) is 12.0 Å². The molecule has 0 spiro atoms. The summed E-state index contributed by atoms with van der Waals surface area (Å²) in [5.74, 6) is -0.725. The minimum atomic E-state index is -1.15. The van der Waals surface area contributed by atoms with E-state index >= 15 is 0 Å². The molecule has 14 heavy (non-hydrogen) atoms. The number of nitrogens with zero attached hydrogens (tertiary/aromatic N) is 1. The molecular weight excluding hydrogens is 186 g/mol. The van der Waals surface area contributed by atoms with E-state index in [1.165, 1.54) is 0 Å². The molecule has 2 fully saturated rings. The summed E-state index contributed by atoms with van der Waals surface area (Å²) < 4.78 is 0. The van der Waals surface area contributed by atoms with Crippen LogP contribution in [0.25, 0.3) is 0 Å². The topological polar surface area (TPSA) is 77.8 Å². The second-order valence-electron chi connectivity index (χ2n) is 4.11. The number of hydrogen-bond donors (Lipinski definition) is 2. The van der Waals surface area contributed by atoms with Gasteiger partial charge >= 0.3 is 12.1 Å². The van der Waals surface area contributed by atoms with Crippen LogP contribution in [0.3, 0.4) is 0 Å². The summed E-state index contributed by atoms with van der Waals surface area (Å²) in [7, 11) is 0. The third-order valence-corrected chi connectivity index (χ3v) is 3.47. The molecule has 0 aromatic carbocycles. The van der Waals surface area contributed by atoms with Gasteiger partial charge in [-0.05, 0) is 25.2 Å². The van der Waals surface area contributed by atoms with E-state index in [0.717, 1.165) is 11.3 Å². The lowest BCUT2D eigenvalue weighted by Gasteiger charge is -2.34. The summed E-state index contributed by atoms with van der Waals surface area (Å²) in [6.07, 6.45) is 0.568. The van der Waals surface area contributed by atoms with Gasteiger partial charge in [-0.2, -0.15) is 0 Å². The Morgan fingerprint density at radius 2 is 2.14 bits per heavy atom. The molecule has 0 radical (unpaired) electrons. The van der Waals surface area contributed by atoms with Crippen molar-refractivity contribution >= 4 is 12.1 Å². The van der Waals surface area contributed by atoms with Crippen LogP contribution < -0.4 is 0 Å². The van der Waals surface area contributed by atoms with Crippen molar-refractivity contribution in [2.24, 2.45) is 5.92 Å². The summed E-state index contributed by atoms with van der Waals surface area (Å²) in [6, 6.07) is -0.0384. The lowest BCUT2D eigenvalue weighted by atomic mass is 9.91. The number of amides is 1. The van der Waals surface area contributed by atoms with Crippen LogP contribution in [0.2, 0.25) is 0 Å². The quantitative estimate of drug-likeness (QED) is 0.695. The molecule has 1 heterocycles. The van der Waals surface area contributed by atoms with E-state index in [4.69, 9.17) is 10.2 Å². The molecule has 0 bridgehead atoms. The molecule has 0 aromatic heterocycles. The van der Waals surface area contributed by atoms with Crippen molar-refractivity contribution in [1.82, 2.24) is 4.90 Å². The monoisotopic (exact) mass is 199 g/mol. The average Bonchev–Trinajstić information content (AvgIpc) is 2.75. The number of hydrogen-bond acceptors (Lipinski definition) is 2. The average molecular weight is 199 g/mol. The summed E-state index contributed by atoms with van der Waals surface area (Å²) in [5.41, 5.74) is -1.15. The van der Waals surface area contributed by atoms with Gasteiger partial charge in [0.05, 0.1) is 0 Å². The SMILES string of the molecule is CCC1(C(=O)O)CC2CC2N1C(=O)O. The first kappa shape index (κ1) is 9.30. The highest BCUT2D eigenvalue weighted by Gasteiger charge is 2.64. The minimum absolute atomic E-state index is 0.0384. The second-order valence-corrected chi connectivity index (χ2v) is 4.11. The third kappa shape index (κ3) is 0.951. The summed E-state index contributed by atoms with van der Waals surface area (Å²) >= 11 is 0. The van der Waals surface area contributed by atoms with E-state index in [1.54, 1.807) is 6.92 Å². The van der Waals surface area contributed by atoms with Gasteiger partial charge in [0.25, 0.3) is 0 Å². The molecule has 78 valence electrons. The van der Waals surface area contributed by atoms with Crippen LogP contribution in [0, 0.1) is 5.92 Å². The Morgan fingerprint density at radius 3 is 2.50 bits per heavy atom. The van der Waals surface area contributed by atoms with Gasteiger partial charge in [-0.25, -0.2) is 9.59 Å². The Kier molecular flexibility index (Phi) is 1.74. The van der Waals surface area contributed by atoms with Gasteiger partial charge in [-0.15, -0.1) is 0 Å². The Balaban J connectivity index is 2.33. The number of rotatable bonds is 2. The van der Waals surface area contributed by atoms with Crippen LogP contribution in [0.15, 0.2) is 0 Å². The molecule has 1 aliphatic carbocycles. The van der Waals surface area contributed by atoms with Crippen molar-refractivity contribution in [3.8, 4) is 0 Å². The van der Waals surface area contributed by atoms with Crippen LogP contribution in [0.4, 0.5) is 4.79 Å². The fourth-order valence-corrected chi connectivity index (χ4v) is 2.60. The smallest absolute Gasteiger partial charge is 0.408 e. The standard InChI is InChI=1S/C9H13NO4/c1-2-9(7(11)12)4-5-3-6(5)10(9)8(13)14/h5-6H,2-4H2,1H3,(H,11,12)(H,13,14). The number of carboxylic acid groups (broad SMARTS) is 2. The summed E-state index contributed by atoms with van der Waals surface area (Å²) in [4.78, 5) is 23.3. The highest BCUT2D eigenvalue weighted by Crippen LogP contribution is 2.53. The molecule has 0 aromatic rings. The zero-order valence-corrected chi connectivity index (χ0v) is 7.93. The van der Waals surface area contributed by atoms with E-state index in [2.05, 4.69) is 0 Å². The maximum absolute atomic E-state index is 11.1. The Hall–Kier alpha value is -1.26. The zero-order chi connectivity index (χ0) is 10.5. The molecule has 5 nitrogen and oxygen atoms in total. The highest BCUT2D eigenvalue weighted by atomic mass is 16.4. The molecule has 2 rings (SSSR count). The first-order valence-corrected chi connectivity index (χ1v) is 4.78. The van der Waals surface area contributed by atoms with Crippen LogP contribution in [-0.2, 0) is 4.79 Å². The molecule has 2 aliphatic rings. The van der Waals surface area contributed by atoms with Gasteiger partial charge in [-0.3, -0.25) is 4.90 Å². The van der Waals surface area contributed by atoms with Crippen LogP contribution in [-0.4, -0.2) is 38.8 Å². The van der Waals surface area contributed by atoms with E-state index in [1.807, 2.05) is 0 Å². The molecule has 3 unspecified atom stereocenters. The first-order chi connectivity index (χ1) is 6.53. The lowest BCUT2D eigenvalue weighted by Crippen LogP contribution is -2.54. The number of fused-ring (bicyclic) bond motifs is 1. The van der Waals surface area contributed by atoms with Crippen molar-refractivity contribution in [1.29, 1.82) is 0 Å². The zero-order valence-electron chi connectivity index (χ0n) is 7.93. The maximum atomic E-state index is 11.1. The van der Waals surface area contributed by atoms with Crippen molar-refractivity contribution in [3.63, 3.8) is 0 Å². The van der Waals surface area contributed by atoms with Gasteiger partial charge in [0, 0.05) is 6.04 Å². The number of aliphatic carboxylic acids is 1. The number of piperidine rings is 1. The van der Waals surface area contributed by atoms with E-state index in [0.29, 0.717) is 12.8 Å². The highest BCUT2D eigenvalue weighted by molar-refractivity contribution is 5.85. The van der Waals surface area contributed by atoms with Crippen LogP contribution in [0.5, 0.6) is 0 Å². The summed E-state index contributed by atoms with van der Waals surface area (Å²) in [5, 5.41) is 18.1. The Morgan fingerprint density at radius 1 is 1.50 bits per heavy atom. The maximum Gasteiger partial charge on any atom is 0.408 e. The lowest BCUT2D eigenvalue weighted by molar-refractivity contribution is -0.150. The predicted octanol–water partition coefficient (Wildman–Crippen LogP) is 0.992. The molecule has 3 atom stereocenters. The molecule has 1 saturated heterocycles. The van der Waals surface area contributed by atoms with Crippen molar-refractivity contribution in [2.75, 3.05) is 0 Å². The fraction of sp³-hybridized carbons (Fsp3) is 0.778. The van der Waals surface area contributed by atoms with Crippen LogP contribution in [0.1, 0.15) is 26.2 Å². The third-order valence-electron chi connectivity index (χ3n) is 3.47. The molecule has 1 saturated carbocycles. The van der Waals surface area contributed by atoms with Crippen LogP contribution >= 0.6 is 0 Å². The first-order valence-electron chi connectivity index (χ1n) is 4.78. The van der Waals surface area contributed by atoms with Crippen molar-refractivity contribution in [2.45, 2.75) is 37.8 Å².